The van der Waals surface area contributed by atoms with E-state index in [-0.39, 0.29) is 17.4 Å². The van der Waals surface area contributed by atoms with Gasteiger partial charge < -0.3 is 15.4 Å². The number of likely N-dealkylation sites (N-methyl/N-ethyl adjacent to an activating group) is 1. The maximum atomic E-state index is 12.3. The van der Waals surface area contributed by atoms with Crippen LogP contribution in [0.2, 0.25) is 0 Å². The Hall–Kier alpha value is -2.38. The van der Waals surface area contributed by atoms with Crippen LogP contribution < -0.4 is 20.9 Å². The number of aromatic nitrogens is 2. The smallest absolute Gasteiger partial charge is 0.252 e. The van der Waals surface area contributed by atoms with Crippen LogP contribution in [0.4, 0.5) is 5.95 Å². The molecule has 1 aromatic heterocycles. The molecule has 2 aromatic rings. The van der Waals surface area contributed by atoms with Crippen molar-refractivity contribution in [1.82, 2.24) is 20.2 Å². The number of H-pyrrole nitrogens is 1. The number of hydrogen-bond acceptors (Lipinski definition) is 6. The predicted molar refractivity (Wildman–Crippen MR) is 115 cm³/mol. The molecule has 7 heteroatoms. The highest BCUT2D eigenvalue weighted by atomic mass is 16.5. The SMILES string of the molecule is CCN1CCCC1CNc1nc([C@@H]2CNC[C@H]2c2cccc(OC)c2)cc(=O)[nH]1. The molecule has 0 aliphatic carbocycles. The summed E-state index contributed by atoms with van der Waals surface area (Å²) in [6.45, 7) is 6.90. The van der Waals surface area contributed by atoms with E-state index < -0.39 is 0 Å². The van der Waals surface area contributed by atoms with Crippen LogP contribution in [0.3, 0.4) is 0 Å². The van der Waals surface area contributed by atoms with E-state index >= 15 is 0 Å². The lowest BCUT2D eigenvalue weighted by atomic mass is 9.86. The Morgan fingerprint density at radius 2 is 2.14 bits per heavy atom. The van der Waals surface area contributed by atoms with Gasteiger partial charge in [-0.3, -0.25) is 14.7 Å². The minimum Gasteiger partial charge on any atom is -0.497 e. The quantitative estimate of drug-likeness (QED) is 0.664. The Morgan fingerprint density at radius 3 is 2.97 bits per heavy atom. The summed E-state index contributed by atoms with van der Waals surface area (Å²) in [6, 6.07) is 10.3. The zero-order valence-corrected chi connectivity index (χ0v) is 17.3. The average molecular weight is 398 g/mol. The van der Waals surface area contributed by atoms with Crippen LogP contribution in [0.15, 0.2) is 35.1 Å². The first-order chi connectivity index (χ1) is 14.2. The number of aromatic amines is 1. The van der Waals surface area contributed by atoms with Crippen molar-refractivity contribution in [2.24, 2.45) is 0 Å². The van der Waals surface area contributed by atoms with Gasteiger partial charge in [0.2, 0.25) is 5.95 Å². The molecule has 4 rings (SSSR count). The summed E-state index contributed by atoms with van der Waals surface area (Å²) < 4.78 is 5.39. The Balaban J connectivity index is 1.52. The van der Waals surface area contributed by atoms with Crippen LogP contribution in [0.1, 0.15) is 42.9 Å². The summed E-state index contributed by atoms with van der Waals surface area (Å²) in [5.74, 6) is 1.85. The third-order valence-electron chi connectivity index (χ3n) is 6.29. The van der Waals surface area contributed by atoms with E-state index in [0.29, 0.717) is 12.0 Å². The lowest BCUT2D eigenvalue weighted by molar-refractivity contribution is 0.276. The fraction of sp³-hybridized carbons (Fsp3) is 0.545. The number of nitrogens with one attached hydrogen (secondary N) is 3. The Kier molecular flexibility index (Phi) is 6.16. The number of hydrogen-bond donors (Lipinski definition) is 3. The average Bonchev–Trinajstić information content (AvgIpc) is 3.41. The molecule has 156 valence electrons. The highest BCUT2D eigenvalue weighted by molar-refractivity contribution is 5.36. The fourth-order valence-electron chi connectivity index (χ4n) is 4.72. The van der Waals surface area contributed by atoms with Gasteiger partial charge in [-0.15, -0.1) is 0 Å². The molecule has 29 heavy (non-hydrogen) atoms. The van der Waals surface area contributed by atoms with E-state index in [2.05, 4.69) is 39.6 Å². The Morgan fingerprint density at radius 1 is 1.28 bits per heavy atom. The first-order valence-corrected chi connectivity index (χ1v) is 10.6. The first-order valence-electron chi connectivity index (χ1n) is 10.6. The zero-order chi connectivity index (χ0) is 20.2. The van der Waals surface area contributed by atoms with Crippen molar-refractivity contribution in [3.8, 4) is 5.75 Å². The van der Waals surface area contributed by atoms with E-state index in [4.69, 9.17) is 9.72 Å². The van der Waals surface area contributed by atoms with Crippen molar-refractivity contribution in [1.29, 1.82) is 0 Å². The molecule has 3 atom stereocenters. The second kappa shape index (κ2) is 8.97. The van der Waals surface area contributed by atoms with Gasteiger partial charge in [-0.05, 0) is 43.6 Å². The van der Waals surface area contributed by atoms with Gasteiger partial charge in [0, 0.05) is 43.6 Å². The maximum absolute atomic E-state index is 12.3. The van der Waals surface area contributed by atoms with Gasteiger partial charge in [0.25, 0.3) is 5.56 Å². The van der Waals surface area contributed by atoms with Crippen LogP contribution in [0.5, 0.6) is 5.75 Å². The number of ether oxygens (including phenoxy) is 1. The van der Waals surface area contributed by atoms with Crippen molar-refractivity contribution >= 4 is 5.95 Å². The van der Waals surface area contributed by atoms with Crippen LogP contribution in [-0.4, -0.2) is 60.7 Å². The lowest BCUT2D eigenvalue weighted by Gasteiger charge is -2.23. The molecule has 0 spiro atoms. The van der Waals surface area contributed by atoms with E-state index in [9.17, 15) is 4.79 Å². The molecular formula is C22H31N5O2. The standard InChI is InChI=1S/C22H31N5O2/c1-3-27-9-5-7-16(27)12-24-22-25-20(11-21(28)26-22)19-14-23-13-18(19)15-6-4-8-17(10-15)29-2/h4,6,8,10-11,16,18-19,23H,3,5,7,9,12-14H2,1-2H3,(H2,24,25,26,28)/t16?,18-,19+/m0/s1. The number of methoxy groups -OCH3 is 1. The minimum absolute atomic E-state index is 0.104. The molecular weight excluding hydrogens is 366 g/mol. The molecule has 7 nitrogen and oxygen atoms in total. The number of nitrogens with zero attached hydrogens (tertiary/aromatic N) is 2. The van der Waals surface area contributed by atoms with Crippen molar-refractivity contribution < 1.29 is 4.74 Å². The van der Waals surface area contributed by atoms with Crippen LogP contribution in [0.25, 0.3) is 0 Å². The fourth-order valence-corrected chi connectivity index (χ4v) is 4.72. The molecule has 3 heterocycles. The van der Waals surface area contributed by atoms with E-state index in [1.807, 2.05) is 12.1 Å². The third kappa shape index (κ3) is 4.46. The van der Waals surface area contributed by atoms with Gasteiger partial charge in [0.1, 0.15) is 5.75 Å². The summed E-state index contributed by atoms with van der Waals surface area (Å²) >= 11 is 0. The van der Waals surface area contributed by atoms with Gasteiger partial charge in [0.05, 0.1) is 12.8 Å². The number of likely N-dealkylation sites (tertiary alicyclic amines) is 1. The molecule has 0 saturated carbocycles. The second-order valence-electron chi connectivity index (χ2n) is 7.97. The predicted octanol–water partition coefficient (Wildman–Crippen LogP) is 2.15. The number of rotatable bonds is 7. The Labute approximate surface area is 171 Å². The molecule has 3 N–H and O–H groups in total. The largest absolute Gasteiger partial charge is 0.497 e. The van der Waals surface area contributed by atoms with Crippen molar-refractivity contribution in [2.45, 2.75) is 37.6 Å². The highest BCUT2D eigenvalue weighted by Gasteiger charge is 2.31. The highest BCUT2D eigenvalue weighted by Crippen LogP contribution is 2.36. The van der Waals surface area contributed by atoms with Gasteiger partial charge in [0.15, 0.2) is 0 Å². The monoisotopic (exact) mass is 397 g/mol. The molecule has 2 aliphatic heterocycles. The van der Waals surface area contributed by atoms with Gasteiger partial charge in [-0.25, -0.2) is 4.98 Å². The Bertz CT molecular complexity index is 884. The normalized spacial score (nSPS) is 24.7. The lowest BCUT2D eigenvalue weighted by Crippen LogP contribution is -2.35. The van der Waals surface area contributed by atoms with Gasteiger partial charge >= 0.3 is 0 Å². The summed E-state index contributed by atoms with van der Waals surface area (Å²) in [5, 5.41) is 6.85. The first kappa shape index (κ1) is 19.9. The molecule has 0 bridgehead atoms. The summed E-state index contributed by atoms with van der Waals surface area (Å²) in [5.41, 5.74) is 1.95. The topological polar surface area (TPSA) is 82.3 Å². The summed E-state index contributed by atoms with van der Waals surface area (Å²) in [6.07, 6.45) is 2.43. The van der Waals surface area contributed by atoms with Crippen molar-refractivity contribution in [3.63, 3.8) is 0 Å². The summed E-state index contributed by atoms with van der Waals surface area (Å²) in [7, 11) is 1.68. The molecule has 1 unspecified atom stereocenters. The van der Waals surface area contributed by atoms with Gasteiger partial charge in [-0.2, -0.15) is 0 Å². The zero-order valence-electron chi connectivity index (χ0n) is 17.3. The second-order valence-corrected chi connectivity index (χ2v) is 7.97. The molecule has 0 amide bonds. The van der Waals surface area contributed by atoms with E-state index in [0.717, 1.165) is 44.2 Å². The number of benzene rings is 1. The molecule has 2 aliphatic rings. The maximum Gasteiger partial charge on any atom is 0.252 e. The molecule has 0 radical (unpaired) electrons. The molecule has 2 fully saturated rings. The van der Waals surface area contributed by atoms with Crippen LogP contribution >= 0.6 is 0 Å². The van der Waals surface area contributed by atoms with Crippen LogP contribution in [-0.2, 0) is 0 Å². The van der Waals surface area contributed by atoms with Crippen LogP contribution in [0, 0.1) is 0 Å². The van der Waals surface area contributed by atoms with Gasteiger partial charge in [-0.1, -0.05) is 19.1 Å². The molecule has 2 saturated heterocycles. The van der Waals surface area contributed by atoms with E-state index in [1.165, 1.54) is 18.4 Å². The summed E-state index contributed by atoms with van der Waals surface area (Å²) in [4.78, 5) is 22.5. The van der Waals surface area contributed by atoms with E-state index in [1.54, 1.807) is 13.2 Å². The van der Waals surface area contributed by atoms with Crippen molar-refractivity contribution in [3.05, 3.63) is 51.9 Å². The minimum atomic E-state index is -0.104. The third-order valence-corrected chi connectivity index (χ3v) is 6.29. The van der Waals surface area contributed by atoms with Crippen molar-refractivity contribution in [2.75, 3.05) is 45.2 Å². The molecule has 1 aromatic carbocycles. The number of anilines is 1.